The van der Waals surface area contributed by atoms with Gasteiger partial charge in [0.25, 0.3) is 0 Å². The monoisotopic (exact) mass is 361 g/mol. The molecule has 0 spiro atoms. The van der Waals surface area contributed by atoms with Crippen LogP contribution in [0.3, 0.4) is 0 Å². The summed E-state index contributed by atoms with van der Waals surface area (Å²) >= 11 is 1.74. The number of thioether (sulfide) groups is 1. The van der Waals surface area contributed by atoms with E-state index in [9.17, 15) is 9.59 Å². The largest absolute Gasteiger partial charge is 0.354 e. The van der Waals surface area contributed by atoms with Gasteiger partial charge in [0, 0.05) is 25.3 Å². The molecule has 2 fully saturated rings. The maximum absolute atomic E-state index is 12.5. The maximum atomic E-state index is 12.5. The first kappa shape index (κ1) is 18.3. The first-order chi connectivity index (χ1) is 12.0. The first-order valence-corrected chi connectivity index (χ1v) is 9.94. The first-order valence-electron chi connectivity index (χ1n) is 8.96. The maximum Gasteiger partial charge on any atom is 0.243 e. The SMILES string of the molecule is CN(CCCNC(=O)C1CSC2(C)CCC(=O)N12)Cc1ccccc1. The molecule has 2 amide bonds. The van der Waals surface area contributed by atoms with E-state index < -0.39 is 0 Å². The van der Waals surface area contributed by atoms with Crippen LogP contribution >= 0.6 is 11.8 Å². The summed E-state index contributed by atoms with van der Waals surface area (Å²) in [4.78, 5) is 28.5. The van der Waals surface area contributed by atoms with E-state index in [4.69, 9.17) is 0 Å². The van der Waals surface area contributed by atoms with Crippen molar-refractivity contribution in [3.63, 3.8) is 0 Å². The van der Waals surface area contributed by atoms with Crippen LogP contribution in [0.5, 0.6) is 0 Å². The number of rotatable bonds is 7. The van der Waals surface area contributed by atoms with Crippen LogP contribution < -0.4 is 5.32 Å². The molecule has 2 saturated heterocycles. The minimum atomic E-state index is -0.299. The zero-order valence-corrected chi connectivity index (χ0v) is 15.8. The topological polar surface area (TPSA) is 52.7 Å². The van der Waals surface area contributed by atoms with Crippen molar-refractivity contribution in [2.75, 3.05) is 25.9 Å². The summed E-state index contributed by atoms with van der Waals surface area (Å²) in [6.07, 6.45) is 2.32. The lowest BCUT2D eigenvalue weighted by atomic mass is 10.2. The van der Waals surface area contributed by atoms with Crippen LogP contribution in [0.2, 0.25) is 0 Å². The molecule has 3 rings (SSSR count). The summed E-state index contributed by atoms with van der Waals surface area (Å²) in [6, 6.07) is 10.1. The van der Waals surface area contributed by atoms with Gasteiger partial charge in [0.2, 0.25) is 11.8 Å². The quantitative estimate of drug-likeness (QED) is 0.756. The van der Waals surface area contributed by atoms with Crippen LogP contribution in [-0.2, 0) is 16.1 Å². The Bertz CT molecular complexity index is 624. The Morgan fingerprint density at radius 1 is 1.40 bits per heavy atom. The Hall–Kier alpha value is -1.53. The van der Waals surface area contributed by atoms with Crippen LogP contribution in [0.25, 0.3) is 0 Å². The van der Waals surface area contributed by atoms with E-state index in [0.717, 1.165) is 25.9 Å². The second kappa shape index (κ2) is 7.79. The van der Waals surface area contributed by atoms with Gasteiger partial charge in [0.1, 0.15) is 6.04 Å². The molecule has 0 aliphatic carbocycles. The van der Waals surface area contributed by atoms with Crippen molar-refractivity contribution in [2.45, 2.75) is 43.6 Å². The zero-order valence-electron chi connectivity index (χ0n) is 15.0. The molecule has 2 heterocycles. The molecule has 1 aromatic rings. The highest BCUT2D eigenvalue weighted by atomic mass is 32.2. The lowest BCUT2D eigenvalue weighted by Gasteiger charge is -2.29. The number of carbonyl (C=O) groups excluding carboxylic acids is 2. The summed E-state index contributed by atoms with van der Waals surface area (Å²) in [5, 5.41) is 3.02. The average Bonchev–Trinajstić information content (AvgIpc) is 3.09. The Morgan fingerprint density at radius 3 is 2.92 bits per heavy atom. The summed E-state index contributed by atoms with van der Waals surface area (Å²) in [5.41, 5.74) is 1.30. The normalized spacial score (nSPS) is 25.5. The Labute approximate surface area is 154 Å². The molecule has 2 unspecified atom stereocenters. The molecule has 0 radical (unpaired) electrons. The van der Waals surface area contributed by atoms with Gasteiger partial charge in [-0.05, 0) is 38.9 Å². The number of nitrogens with one attached hydrogen (secondary N) is 1. The van der Waals surface area contributed by atoms with E-state index in [2.05, 4.69) is 48.5 Å². The van der Waals surface area contributed by atoms with Crippen LogP contribution in [0.15, 0.2) is 30.3 Å². The van der Waals surface area contributed by atoms with Crippen molar-refractivity contribution in [3.8, 4) is 0 Å². The van der Waals surface area contributed by atoms with Gasteiger partial charge in [-0.1, -0.05) is 30.3 Å². The predicted octanol–water partition coefficient (Wildman–Crippen LogP) is 2.08. The van der Waals surface area contributed by atoms with E-state index in [-0.39, 0.29) is 22.7 Å². The number of carbonyl (C=O) groups is 2. The number of hydrogen-bond acceptors (Lipinski definition) is 4. The predicted molar refractivity (Wildman–Crippen MR) is 101 cm³/mol. The van der Waals surface area contributed by atoms with E-state index in [1.165, 1.54) is 5.56 Å². The van der Waals surface area contributed by atoms with Crippen molar-refractivity contribution in [1.82, 2.24) is 15.1 Å². The van der Waals surface area contributed by atoms with E-state index in [1.807, 2.05) is 11.0 Å². The molecule has 1 aromatic carbocycles. The van der Waals surface area contributed by atoms with E-state index in [1.54, 1.807) is 11.8 Å². The smallest absolute Gasteiger partial charge is 0.243 e. The van der Waals surface area contributed by atoms with E-state index >= 15 is 0 Å². The number of nitrogens with zero attached hydrogens (tertiary/aromatic N) is 2. The highest BCUT2D eigenvalue weighted by Crippen LogP contribution is 2.47. The van der Waals surface area contributed by atoms with Crippen molar-refractivity contribution in [1.29, 1.82) is 0 Å². The Kier molecular flexibility index (Phi) is 5.69. The molecule has 2 aliphatic rings. The van der Waals surface area contributed by atoms with Crippen LogP contribution in [0.1, 0.15) is 31.7 Å². The fourth-order valence-electron chi connectivity index (χ4n) is 3.67. The number of benzene rings is 1. The van der Waals surface area contributed by atoms with Crippen molar-refractivity contribution in [3.05, 3.63) is 35.9 Å². The molecule has 1 N–H and O–H groups in total. The number of hydrogen-bond donors (Lipinski definition) is 1. The van der Waals surface area contributed by atoms with Gasteiger partial charge in [-0.15, -0.1) is 11.8 Å². The number of fused-ring (bicyclic) bond motifs is 1. The molecule has 0 saturated carbocycles. The summed E-state index contributed by atoms with van der Waals surface area (Å²) in [7, 11) is 2.09. The van der Waals surface area contributed by atoms with Gasteiger partial charge >= 0.3 is 0 Å². The van der Waals surface area contributed by atoms with Crippen molar-refractivity contribution >= 4 is 23.6 Å². The third-order valence-electron chi connectivity index (χ3n) is 5.06. The molecular formula is C19H27N3O2S. The fraction of sp³-hybridized carbons (Fsp3) is 0.579. The standard InChI is InChI=1S/C19H27N3O2S/c1-19-10-9-17(23)22(19)16(14-25-19)18(24)20-11-6-12-21(2)13-15-7-4-3-5-8-15/h3-5,7-8,16H,6,9-14H2,1-2H3,(H,20,24). The van der Waals surface area contributed by atoms with Crippen LogP contribution in [-0.4, -0.2) is 58.4 Å². The molecule has 0 aromatic heterocycles. The van der Waals surface area contributed by atoms with Gasteiger partial charge in [-0.3, -0.25) is 9.59 Å². The summed E-state index contributed by atoms with van der Waals surface area (Å²) < 4.78 is 0. The van der Waals surface area contributed by atoms with Crippen LogP contribution in [0.4, 0.5) is 0 Å². The summed E-state index contributed by atoms with van der Waals surface area (Å²) in [6.45, 7) is 4.57. The molecular weight excluding hydrogens is 334 g/mol. The zero-order chi connectivity index (χ0) is 17.9. The van der Waals surface area contributed by atoms with Gasteiger partial charge in [-0.25, -0.2) is 0 Å². The lowest BCUT2D eigenvalue weighted by Crippen LogP contribution is -2.50. The molecule has 5 nitrogen and oxygen atoms in total. The lowest BCUT2D eigenvalue weighted by molar-refractivity contribution is -0.137. The second-order valence-corrected chi connectivity index (χ2v) is 8.64. The Balaban J connectivity index is 1.39. The molecule has 0 bridgehead atoms. The fourth-order valence-corrected chi connectivity index (χ4v) is 5.10. The van der Waals surface area contributed by atoms with Crippen molar-refractivity contribution < 1.29 is 9.59 Å². The highest BCUT2D eigenvalue weighted by molar-refractivity contribution is 8.01. The molecule has 6 heteroatoms. The minimum Gasteiger partial charge on any atom is -0.354 e. The summed E-state index contributed by atoms with van der Waals surface area (Å²) in [5.74, 6) is 0.828. The second-order valence-electron chi connectivity index (χ2n) is 7.13. The Morgan fingerprint density at radius 2 is 2.16 bits per heavy atom. The molecule has 2 aliphatic heterocycles. The minimum absolute atomic E-state index is 0.00260. The third-order valence-corrected chi connectivity index (χ3v) is 6.56. The molecule has 2 atom stereocenters. The van der Waals surface area contributed by atoms with Crippen molar-refractivity contribution in [2.24, 2.45) is 0 Å². The van der Waals surface area contributed by atoms with Gasteiger partial charge in [-0.2, -0.15) is 0 Å². The molecule has 136 valence electrons. The van der Waals surface area contributed by atoms with Gasteiger partial charge in [0.15, 0.2) is 0 Å². The van der Waals surface area contributed by atoms with Crippen LogP contribution in [0, 0.1) is 0 Å². The van der Waals surface area contributed by atoms with E-state index in [0.29, 0.717) is 18.7 Å². The molecule has 25 heavy (non-hydrogen) atoms. The van der Waals surface area contributed by atoms with Gasteiger partial charge < -0.3 is 15.1 Å². The third kappa shape index (κ3) is 4.18. The highest BCUT2D eigenvalue weighted by Gasteiger charge is 2.52. The number of amides is 2. The van der Waals surface area contributed by atoms with Gasteiger partial charge in [0.05, 0.1) is 4.87 Å². The average molecular weight is 362 g/mol.